The van der Waals surface area contributed by atoms with Gasteiger partial charge >= 0.3 is 0 Å². The maximum atomic E-state index is 5.73. The molecular weight excluding hydrogens is 268 g/mol. The third kappa shape index (κ3) is 3.60. The first-order chi connectivity index (χ1) is 9.78. The van der Waals surface area contributed by atoms with Crippen LogP contribution < -0.4 is 16.0 Å². The third-order valence-electron chi connectivity index (χ3n) is 3.56. The number of hydrogen-bond donors (Lipinski definition) is 2. The van der Waals surface area contributed by atoms with Gasteiger partial charge in [-0.2, -0.15) is 0 Å². The number of ether oxygens (including phenoxy) is 1. The van der Waals surface area contributed by atoms with Gasteiger partial charge in [-0.3, -0.25) is 11.3 Å². The van der Waals surface area contributed by atoms with Crippen molar-refractivity contribution < 1.29 is 4.74 Å². The van der Waals surface area contributed by atoms with Crippen molar-refractivity contribution in [3.8, 4) is 5.75 Å². The highest BCUT2D eigenvalue weighted by atomic mass is 32.1. The molecule has 0 saturated heterocycles. The summed E-state index contributed by atoms with van der Waals surface area (Å²) in [4.78, 5) is 1.36. The molecule has 1 heterocycles. The van der Waals surface area contributed by atoms with Gasteiger partial charge in [0.25, 0.3) is 0 Å². The average molecular weight is 290 g/mol. The molecule has 3 N–H and O–H groups in total. The maximum Gasteiger partial charge on any atom is 0.118 e. The average Bonchev–Trinajstić information content (AvgIpc) is 2.97. The van der Waals surface area contributed by atoms with E-state index in [1.165, 1.54) is 16.0 Å². The Hall–Kier alpha value is -1.36. The molecule has 20 heavy (non-hydrogen) atoms. The van der Waals surface area contributed by atoms with E-state index in [9.17, 15) is 0 Å². The van der Waals surface area contributed by atoms with Gasteiger partial charge in [0.2, 0.25) is 0 Å². The summed E-state index contributed by atoms with van der Waals surface area (Å²) in [5.41, 5.74) is 5.66. The number of aryl methyl sites for hydroxylation is 2. The lowest BCUT2D eigenvalue weighted by molar-refractivity contribution is 0.414. The highest BCUT2D eigenvalue weighted by Crippen LogP contribution is 2.28. The van der Waals surface area contributed by atoms with Crippen molar-refractivity contribution >= 4 is 11.3 Å². The van der Waals surface area contributed by atoms with Gasteiger partial charge in [0.05, 0.1) is 13.2 Å². The summed E-state index contributed by atoms with van der Waals surface area (Å²) >= 11 is 1.79. The maximum absolute atomic E-state index is 5.73. The van der Waals surface area contributed by atoms with Gasteiger partial charge in [0, 0.05) is 4.88 Å². The van der Waals surface area contributed by atoms with Gasteiger partial charge in [-0.1, -0.05) is 19.1 Å². The number of hydrazine groups is 1. The quantitative estimate of drug-likeness (QED) is 0.606. The molecule has 0 spiro atoms. The fourth-order valence-corrected chi connectivity index (χ4v) is 3.43. The van der Waals surface area contributed by atoms with Crippen molar-refractivity contribution in [2.75, 3.05) is 7.11 Å². The van der Waals surface area contributed by atoms with Crippen molar-refractivity contribution in [2.24, 2.45) is 5.84 Å². The minimum absolute atomic E-state index is 0.229. The van der Waals surface area contributed by atoms with Gasteiger partial charge in [-0.25, -0.2) is 0 Å². The Morgan fingerprint density at radius 3 is 2.60 bits per heavy atom. The summed E-state index contributed by atoms with van der Waals surface area (Å²) in [5, 5.41) is 2.14. The van der Waals surface area contributed by atoms with Crippen molar-refractivity contribution in [3.63, 3.8) is 0 Å². The fourth-order valence-electron chi connectivity index (χ4n) is 2.34. The largest absolute Gasteiger partial charge is 0.497 e. The van der Waals surface area contributed by atoms with Crippen LogP contribution in [-0.4, -0.2) is 7.11 Å². The first-order valence-corrected chi connectivity index (χ1v) is 7.81. The molecule has 0 aliphatic rings. The van der Waals surface area contributed by atoms with Crippen molar-refractivity contribution in [1.82, 2.24) is 5.43 Å². The molecule has 0 amide bonds. The van der Waals surface area contributed by atoms with Crippen LogP contribution >= 0.6 is 11.3 Å². The summed E-state index contributed by atoms with van der Waals surface area (Å²) in [7, 11) is 1.69. The smallest absolute Gasteiger partial charge is 0.118 e. The Kier molecular flexibility index (Phi) is 5.59. The summed E-state index contributed by atoms with van der Waals surface area (Å²) in [5.74, 6) is 6.63. The molecule has 0 bridgehead atoms. The van der Waals surface area contributed by atoms with Gasteiger partial charge in [-0.15, -0.1) is 11.3 Å². The molecule has 4 heteroatoms. The highest BCUT2D eigenvalue weighted by Gasteiger charge is 2.14. The van der Waals surface area contributed by atoms with E-state index in [-0.39, 0.29) is 6.04 Å². The van der Waals surface area contributed by atoms with Crippen LogP contribution in [0.3, 0.4) is 0 Å². The van der Waals surface area contributed by atoms with Crippen LogP contribution in [0.1, 0.15) is 35.4 Å². The molecule has 0 saturated carbocycles. The van der Waals surface area contributed by atoms with Gasteiger partial charge in [0.1, 0.15) is 5.75 Å². The van der Waals surface area contributed by atoms with Crippen LogP contribution in [0, 0.1) is 0 Å². The Morgan fingerprint density at radius 2 is 2.00 bits per heavy atom. The van der Waals surface area contributed by atoms with Crippen LogP contribution in [0.15, 0.2) is 35.7 Å². The van der Waals surface area contributed by atoms with E-state index in [1.807, 2.05) is 12.1 Å². The second kappa shape index (κ2) is 7.43. The van der Waals surface area contributed by atoms with Crippen LogP contribution in [0.25, 0.3) is 0 Å². The first kappa shape index (κ1) is 15.0. The Bertz CT molecular complexity index is 522. The monoisotopic (exact) mass is 290 g/mol. The number of rotatable bonds is 7. The predicted molar refractivity (Wildman–Crippen MR) is 85.1 cm³/mol. The van der Waals surface area contributed by atoms with Crippen molar-refractivity contribution in [2.45, 2.75) is 32.2 Å². The SMILES string of the molecule is CCc1ccsc1C(CCc1ccc(OC)cc1)NN. The molecule has 3 nitrogen and oxygen atoms in total. The Labute approximate surface area is 124 Å². The number of benzene rings is 1. The fraction of sp³-hybridized carbons (Fsp3) is 0.375. The standard InChI is InChI=1S/C16H22N2OS/c1-3-13-10-11-20-16(13)15(18-17)9-6-12-4-7-14(19-2)8-5-12/h4-5,7-8,10-11,15,18H,3,6,9,17H2,1-2H3. The summed E-state index contributed by atoms with van der Waals surface area (Å²) in [6.07, 6.45) is 3.05. The zero-order valence-corrected chi connectivity index (χ0v) is 12.9. The summed E-state index contributed by atoms with van der Waals surface area (Å²) in [6.45, 7) is 2.18. The molecule has 108 valence electrons. The molecule has 0 fully saturated rings. The van der Waals surface area contributed by atoms with Gasteiger partial charge in [0.15, 0.2) is 0 Å². The minimum atomic E-state index is 0.229. The topological polar surface area (TPSA) is 47.3 Å². The van der Waals surface area contributed by atoms with E-state index >= 15 is 0 Å². The number of nitrogens with two attached hydrogens (primary N) is 1. The van der Waals surface area contributed by atoms with Crippen molar-refractivity contribution in [3.05, 3.63) is 51.7 Å². The zero-order chi connectivity index (χ0) is 14.4. The van der Waals surface area contributed by atoms with E-state index in [0.717, 1.165) is 25.0 Å². The highest BCUT2D eigenvalue weighted by molar-refractivity contribution is 7.10. The van der Waals surface area contributed by atoms with Gasteiger partial charge in [-0.05, 0) is 54.0 Å². The third-order valence-corrected chi connectivity index (χ3v) is 4.63. The summed E-state index contributed by atoms with van der Waals surface area (Å²) in [6, 6.07) is 10.7. The lowest BCUT2D eigenvalue weighted by Gasteiger charge is -2.16. The molecular formula is C16H22N2OS. The number of nitrogens with one attached hydrogen (secondary N) is 1. The molecule has 0 aliphatic heterocycles. The van der Waals surface area contributed by atoms with E-state index in [2.05, 4.69) is 35.9 Å². The number of hydrogen-bond acceptors (Lipinski definition) is 4. The Balaban J connectivity index is 2.00. The normalized spacial score (nSPS) is 12.3. The lowest BCUT2D eigenvalue weighted by Crippen LogP contribution is -2.28. The molecule has 1 aromatic heterocycles. The van der Waals surface area contributed by atoms with Crippen molar-refractivity contribution in [1.29, 1.82) is 0 Å². The Morgan fingerprint density at radius 1 is 1.25 bits per heavy atom. The molecule has 1 aromatic carbocycles. The zero-order valence-electron chi connectivity index (χ0n) is 12.1. The minimum Gasteiger partial charge on any atom is -0.497 e. The first-order valence-electron chi connectivity index (χ1n) is 6.93. The van der Waals surface area contributed by atoms with E-state index < -0.39 is 0 Å². The molecule has 0 radical (unpaired) electrons. The second-order valence-electron chi connectivity index (χ2n) is 4.77. The summed E-state index contributed by atoms with van der Waals surface area (Å²) < 4.78 is 5.17. The van der Waals surface area contributed by atoms with E-state index in [1.54, 1.807) is 18.4 Å². The second-order valence-corrected chi connectivity index (χ2v) is 5.72. The molecule has 1 unspecified atom stereocenters. The molecule has 1 atom stereocenters. The molecule has 2 aromatic rings. The number of methoxy groups -OCH3 is 1. The van der Waals surface area contributed by atoms with E-state index in [0.29, 0.717) is 0 Å². The lowest BCUT2D eigenvalue weighted by atomic mass is 10.0. The van der Waals surface area contributed by atoms with Crippen LogP contribution in [-0.2, 0) is 12.8 Å². The molecule has 2 rings (SSSR count). The van der Waals surface area contributed by atoms with E-state index in [4.69, 9.17) is 10.6 Å². The van der Waals surface area contributed by atoms with Crippen LogP contribution in [0.5, 0.6) is 5.75 Å². The van der Waals surface area contributed by atoms with Crippen LogP contribution in [0.4, 0.5) is 0 Å². The van der Waals surface area contributed by atoms with Gasteiger partial charge < -0.3 is 4.74 Å². The van der Waals surface area contributed by atoms with Crippen LogP contribution in [0.2, 0.25) is 0 Å². The number of thiophene rings is 1. The molecule has 0 aliphatic carbocycles. The predicted octanol–water partition coefficient (Wildman–Crippen LogP) is 3.46.